The molecular weight excluding hydrogens is 221 g/mol. The van der Waals surface area contributed by atoms with Crippen LogP contribution in [-0.4, -0.2) is 19.5 Å². The minimum atomic E-state index is -0.239. The van der Waals surface area contributed by atoms with Gasteiger partial charge in [-0.3, -0.25) is 10.2 Å². The first-order valence-corrected chi connectivity index (χ1v) is 5.59. The molecule has 0 heterocycles. The summed E-state index contributed by atoms with van der Waals surface area (Å²) in [7, 11) is 1.90. The molecule has 1 rings (SSSR count). The van der Waals surface area contributed by atoms with E-state index < -0.39 is 0 Å². The number of halogens is 1. The summed E-state index contributed by atoms with van der Waals surface area (Å²) in [4.78, 5) is 12.8. The molecular formula is C12H18FN3O. The molecule has 5 heteroatoms. The predicted molar refractivity (Wildman–Crippen MR) is 65.9 cm³/mol. The van der Waals surface area contributed by atoms with Crippen LogP contribution in [0.5, 0.6) is 0 Å². The van der Waals surface area contributed by atoms with Crippen molar-refractivity contribution >= 4 is 11.6 Å². The van der Waals surface area contributed by atoms with E-state index in [2.05, 4.69) is 5.43 Å². The number of hydrazine groups is 1. The molecule has 0 saturated carbocycles. The normalized spacial score (nSPS) is 10.1. The number of unbranched alkanes of at least 4 members (excludes halogenated alkanes) is 1. The van der Waals surface area contributed by atoms with Gasteiger partial charge in [0.05, 0.1) is 0 Å². The Morgan fingerprint density at radius 2 is 2.24 bits per heavy atom. The second kappa shape index (κ2) is 6.85. The lowest BCUT2D eigenvalue weighted by Crippen LogP contribution is -2.29. The summed E-state index contributed by atoms with van der Waals surface area (Å²) in [5.41, 5.74) is 2.93. The standard InChI is InChI=1S/C12H18FN3O/c1-16(8-3-2-7-12(17)15-14)11-6-4-5-10(13)9-11/h4-6,9H,2-3,7-8,14H2,1H3,(H,15,17). The summed E-state index contributed by atoms with van der Waals surface area (Å²) in [6.45, 7) is 0.779. The summed E-state index contributed by atoms with van der Waals surface area (Å²) in [6.07, 6.45) is 2.05. The molecule has 0 saturated heterocycles. The van der Waals surface area contributed by atoms with Crippen molar-refractivity contribution in [2.45, 2.75) is 19.3 Å². The molecule has 1 amide bonds. The van der Waals surface area contributed by atoms with Crippen LogP contribution in [0.4, 0.5) is 10.1 Å². The van der Waals surface area contributed by atoms with E-state index >= 15 is 0 Å². The highest BCUT2D eigenvalue weighted by Gasteiger charge is 2.03. The third-order valence-corrected chi connectivity index (χ3v) is 2.56. The van der Waals surface area contributed by atoms with Crippen molar-refractivity contribution in [2.75, 3.05) is 18.5 Å². The minimum Gasteiger partial charge on any atom is -0.375 e. The fourth-order valence-electron chi connectivity index (χ4n) is 1.55. The molecule has 0 aliphatic rings. The van der Waals surface area contributed by atoms with Crippen LogP contribution in [0.1, 0.15) is 19.3 Å². The van der Waals surface area contributed by atoms with E-state index in [1.165, 1.54) is 12.1 Å². The van der Waals surface area contributed by atoms with Gasteiger partial charge in [0.1, 0.15) is 5.82 Å². The maximum Gasteiger partial charge on any atom is 0.233 e. The molecule has 0 atom stereocenters. The molecule has 4 nitrogen and oxygen atoms in total. The molecule has 0 unspecified atom stereocenters. The number of hydrogen-bond acceptors (Lipinski definition) is 3. The lowest BCUT2D eigenvalue weighted by molar-refractivity contribution is -0.121. The van der Waals surface area contributed by atoms with Gasteiger partial charge in [-0.05, 0) is 31.0 Å². The summed E-state index contributed by atoms with van der Waals surface area (Å²) >= 11 is 0. The minimum absolute atomic E-state index is 0.154. The number of hydrogen-bond donors (Lipinski definition) is 2. The zero-order chi connectivity index (χ0) is 12.7. The summed E-state index contributed by atoms with van der Waals surface area (Å²) < 4.78 is 13.0. The summed E-state index contributed by atoms with van der Waals surface area (Å²) in [6, 6.07) is 6.45. The quantitative estimate of drug-likeness (QED) is 0.341. The first-order chi connectivity index (χ1) is 8.13. The molecule has 0 fully saturated rings. The maximum atomic E-state index is 13.0. The Morgan fingerprint density at radius 3 is 2.88 bits per heavy atom. The van der Waals surface area contributed by atoms with Gasteiger partial charge in [0.2, 0.25) is 5.91 Å². The van der Waals surface area contributed by atoms with Crippen molar-refractivity contribution in [3.05, 3.63) is 30.1 Å². The van der Waals surface area contributed by atoms with Crippen molar-refractivity contribution in [3.8, 4) is 0 Å². The second-order valence-electron chi connectivity index (χ2n) is 3.93. The zero-order valence-electron chi connectivity index (χ0n) is 9.95. The number of benzene rings is 1. The SMILES string of the molecule is CN(CCCCC(=O)NN)c1cccc(F)c1. The van der Waals surface area contributed by atoms with Crippen LogP contribution in [-0.2, 0) is 4.79 Å². The Kier molecular flexibility index (Phi) is 5.42. The van der Waals surface area contributed by atoms with Crippen molar-refractivity contribution in [1.82, 2.24) is 5.43 Å². The van der Waals surface area contributed by atoms with Crippen LogP contribution in [0.3, 0.4) is 0 Å². The molecule has 1 aromatic carbocycles. The Labute approximate surface area is 101 Å². The van der Waals surface area contributed by atoms with Crippen LogP contribution in [0, 0.1) is 5.82 Å². The molecule has 0 aliphatic heterocycles. The fraction of sp³-hybridized carbons (Fsp3) is 0.417. The van der Waals surface area contributed by atoms with Crippen LogP contribution >= 0.6 is 0 Å². The van der Waals surface area contributed by atoms with Crippen molar-refractivity contribution in [3.63, 3.8) is 0 Å². The first-order valence-electron chi connectivity index (χ1n) is 5.59. The lowest BCUT2D eigenvalue weighted by Gasteiger charge is -2.19. The van der Waals surface area contributed by atoms with Crippen LogP contribution in [0.15, 0.2) is 24.3 Å². The van der Waals surface area contributed by atoms with Gasteiger partial charge < -0.3 is 4.90 Å². The third-order valence-electron chi connectivity index (χ3n) is 2.56. The highest BCUT2D eigenvalue weighted by atomic mass is 19.1. The van der Waals surface area contributed by atoms with Crippen molar-refractivity contribution < 1.29 is 9.18 Å². The summed E-state index contributed by atoms with van der Waals surface area (Å²) in [5.74, 6) is 4.58. The van der Waals surface area contributed by atoms with Gasteiger partial charge >= 0.3 is 0 Å². The Balaban J connectivity index is 2.30. The van der Waals surface area contributed by atoms with Crippen LogP contribution in [0.2, 0.25) is 0 Å². The molecule has 94 valence electrons. The van der Waals surface area contributed by atoms with E-state index in [0.717, 1.165) is 25.1 Å². The van der Waals surface area contributed by atoms with Crippen molar-refractivity contribution in [2.24, 2.45) is 5.84 Å². The average Bonchev–Trinajstić information content (AvgIpc) is 2.34. The number of nitrogens with one attached hydrogen (secondary N) is 1. The Morgan fingerprint density at radius 1 is 1.47 bits per heavy atom. The molecule has 0 aliphatic carbocycles. The smallest absolute Gasteiger partial charge is 0.233 e. The number of nitrogens with two attached hydrogens (primary N) is 1. The van der Waals surface area contributed by atoms with Gasteiger partial charge in [-0.1, -0.05) is 6.07 Å². The average molecular weight is 239 g/mol. The number of carbonyl (C=O) groups is 1. The summed E-state index contributed by atoms with van der Waals surface area (Å²) in [5, 5.41) is 0. The largest absolute Gasteiger partial charge is 0.375 e. The van der Waals surface area contributed by atoms with Gasteiger partial charge in [-0.15, -0.1) is 0 Å². The fourth-order valence-corrected chi connectivity index (χ4v) is 1.55. The van der Waals surface area contributed by atoms with Gasteiger partial charge in [-0.25, -0.2) is 10.2 Å². The Hall–Kier alpha value is -1.62. The van der Waals surface area contributed by atoms with Gasteiger partial charge in [0.25, 0.3) is 0 Å². The molecule has 0 spiro atoms. The highest BCUT2D eigenvalue weighted by Crippen LogP contribution is 2.14. The number of amides is 1. The maximum absolute atomic E-state index is 13.0. The second-order valence-corrected chi connectivity index (χ2v) is 3.93. The van der Waals surface area contributed by atoms with E-state index in [9.17, 15) is 9.18 Å². The highest BCUT2D eigenvalue weighted by molar-refractivity contribution is 5.75. The first kappa shape index (κ1) is 13.4. The third kappa shape index (κ3) is 4.82. The number of carbonyl (C=O) groups excluding carboxylic acids is 1. The monoisotopic (exact) mass is 239 g/mol. The number of nitrogens with zero attached hydrogens (tertiary/aromatic N) is 1. The van der Waals surface area contributed by atoms with E-state index in [1.807, 2.05) is 18.0 Å². The molecule has 1 aromatic rings. The molecule has 3 N–H and O–H groups in total. The Bertz CT molecular complexity index is 371. The number of rotatable bonds is 6. The van der Waals surface area contributed by atoms with E-state index in [4.69, 9.17) is 5.84 Å². The molecule has 0 bridgehead atoms. The molecule has 0 aromatic heterocycles. The topological polar surface area (TPSA) is 58.4 Å². The van der Waals surface area contributed by atoms with E-state index in [-0.39, 0.29) is 11.7 Å². The van der Waals surface area contributed by atoms with Crippen LogP contribution in [0.25, 0.3) is 0 Å². The zero-order valence-corrected chi connectivity index (χ0v) is 9.95. The lowest BCUT2D eigenvalue weighted by atomic mass is 10.2. The molecule has 0 radical (unpaired) electrons. The van der Waals surface area contributed by atoms with Crippen LogP contribution < -0.4 is 16.2 Å². The van der Waals surface area contributed by atoms with Gasteiger partial charge in [0.15, 0.2) is 0 Å². The molecule has 17 heavy (non-hydrogen) atoms. The van der Waals surface area contributed by atoms with Gasteiger partial charge in [-0.2, -0.15) is 0 Å². The number of anilines is 1. The van der Waals surface area contributed by atoms with Gasteiger partial charge in [0, 0.05) is 25.7 Å². The van der Waals surface area contributed by atoms with Crippen molar-refractivity contribution in [1.29, 1.82) is 0 Å². The van der Waals surface area contributed by atoms with E-state index in [1.54, 1.807) is 6.07 Å². The van der Waals surface area contributed by atoms with E-state index in [0.29, 0.717) is 6.42 Å². The predicted octanol–water partition coefficient (Wildman–Crippen LogP) is 1.42.